The Balaban J connectivity index is 1.78. The summed E-state index contributed by atoms with van der Waals surface area (Å²) < 4.78 is 0. The van der Waals surface area contributed by atoms with E-state index in [9.17, 15) is 4.79 Å². The third-order valence-corrected chi connectivity index (χ3v) is 5.88. The number of hydrogen-bond acceptors (Lipinski definition) is 1. The molecule has 0 fully saturated rings. The van der Waals surface area contributed by atoms with E-state index in [-0.39, 0.29) is 11.2 Å². The summed E-state index contributed by atoms with van der Waals surface area (Å²) in [4.78, 5) is 13.1. The van der Waals surface area contributed by atoms with E-state index >= 15 is 0 Å². The van der Waals surface area contributed by atoms with Crippen molar-refractivity contribution in [3.8, 4) is 0 Å². The molecule has 0 bridgehead atoms. The first-order valence-electron chi connectivity index (χ1n) is 8.72. The first-order valence-corrected chi connectivity index (χ1v) is 9.47. The molecule has 3 aromatic carbocycles. The number of carbonyl (C=O) groups is 1. The molecule has 130 valence electrons. The van der Waals surface area contributed by atoms with Crippen molar-refractivity contribution in [1.82, 2.24) is 0 Å². The number of fused-ring (bicyclic) bond motifs is 1. The van der Waals surface area contributed by atoms with Gasteiger partial charge in [0.2, 0.25) is 0 Å². The van der Waals surface area contributed by atoms with E-state index in [0.717, 1.165) is 18.4 Å². The quantitative estimate of drug-likeness (QED) is 0.472. The molecule has 0 saturated heterocycles. The summed E-state index contributed by atoms with van der Waals surface area (Å²) in [5, 5.41) is 1.35. The zero-order chi connectivity index (χ0) is 18.1. The van der Waals surface area contributed by atoms with Gasteiger partial charge in [-0.15, -0.1) is 0 Å². The Morgan fingerprint density at radius 3 is 2.15 bits per heavy atom. The van der Waals surface area contributed by atoms with Gasteiger partial charge in [-0.3, -0.25) is 4.79 Å². The fourth-order valence-electron chi connectivity index (χ4n) is 4.05. The molecule has 0 spiro atoms. The summed E-state index contributed by atoms with van der Waals surface area (Å²) >= 11 is 12.1. The van der Waals surface area contributed by atoms with Gasteiger partial charge in [-0.2, -0.15) is 0 Å². The second kappa shape index (κ2) is 6.90. The molecule has 0 N–H and O–H groups in total. The van der Waals surface area contributed by atoms with Gasteiger partial charge in [0.1, 0.15) is 0 Å². The van der Waals surface area contributed by atoms with Crippen LogP contribution in [0.2, 0.25) is 10.0 Å². The van der Waals surface area contributed by atoms with Crippen LogP contribution in [0.3, 0.4) is 0 Å². The monoisotopic (exact) mass is 380 g/mol. The molecule has 1 aliphatic rings. The number of ketones is 1. The van der Waals surface area contributed by atoms with Crippen molar-refractivity contribution >= 4 is 29.0 Å². The van der Waals surface area contributed by atoms with Crippen molar-refractivity contribution in [2.75, 3.05) is 0 Å². The predicted molar refractivity (Wildman–Crippen MR) is 107 cm³/mol. The van der Waals surface area contributed by atoms with Gasteiger partial charge in [0, 0.05) is 27.4 Å². The van der Waals surface area contributed by atoms with Crippen LogP contribution in [0.4, 0.5) is 0 Å². The van der Waals surface area contributed by atoms with Crippen molar-refractivity contribution in [2.24, 2.45) is 0 Å². The van der Waals surface area contributed by atoms with Crippen molar-refractivity contribution in [1.29, 1.82) is 0 Å². The summed E-state index contributed by atoms with van der Waals surface area (Å²) in [7, 11) is 0. The minimum absolute atomic E-state index is 0.133. The predicted octanol–water partition coefficient (Wildman–Crippen LogP) is 6.50. The Hall–Kier alpha value is -2.09. The van der Waals surface area contributed by atoms with E-state index in [1.54, 1.807) is 24.3 Å². The number of hydrogen-bond donors (Lipinski definition) is 0. The first-order chi connectivity index (χ1) is 12.6. The maximum absolute atomic E-state index is 13.1. The zero-order valence-electron chi connectivity index (χ0n) is 14.2. The Labute approximate surface area is 163 Å². The molecular weight excluding hydrogens is 363 g/mol. The van der Waals surface area contributed by atoms with E-state index in [1.165, 1.54) is 11.1 Å². The van der Waals surface area contributed by atoms with Crippen LogP contribution >= 0.6 is 23.2 Å². The van der Waals surface area contributed by atoms with Crippen LogP contribution in [0.25, 0.3) is 0 Å². The number of carbonyl (C=O) groups excluding carboxylic acids is 1. The Bertz CT molecular complexity index is 945. The molecule has 0 aliphatic heterocycles. The largest absolute Gasteiger partial charge is 0.294 e. The topological polar surface area (TPSA) is 17.1 Å². The molecule has 0 aromatic heterocycles. The number of rotatable bonds is 4. The Morgan fingerprint density at radius 1 is 0.846 bits per heavy atom. The van der Waals surface area contributed by atoms with Crippen molar-refractivity contribution in [2.45, 2.75) is 24.7 Å². The van der Waals surface area contributed by atoms with Gasteiger partial charge in [0.25, 0.3) is 0 Å². The van der Waals surface area contributed by atoms with Crippen LogP contribution in [0.5, 0.6) is 0 Å². The minimum Gasteiger partial charge on any atom is -0.294 e. The molecule has 3 aromatic rings. The standard InChI is InChI=1S/C23H18Cl2O/c24-19-9-5-17(6-10-19)22(26)15-23(18-7-11-20(25)12-8-18)14-13-16-3-1-2-4-21(16)23/h1-12H,13-15H2. The lowest BCUT2D eigenvalue weighted by atomic mass is 9.71. The van der Waals surface area contributed by atoms with Gasteiger partial charge in [-0.05, 0) is 65.9 Å². The van der Waals surface area contributed by atoms with Gasteiger partial charge in [-0.1, -0.05) is 59.6 Å². The highest BCUT2D eigenvalue weighted by Gasteiger charge is 2.41. The smallest absolute Gasteiger partial charge is 0.164 e. The van der Waals surface area contributed by atoms with Crippen molar-refractivity contribution < 1.29 is 4.79 Å². The highest BCUT2D eigenvalue weighted by atomic mass is 35.5. The lowest BCUT2D eigenvalue weighted by Crippen LogP contribution is -2.28. The van der Waals surface area contributed by atoms with Gasteiger partial charge in [0.15, 0.2) is 5.78 Å². The highest BCUT2D eigenvalue weighted by molar-refractivity contribution is 6.30. The Kier molecular flexibility index (Phi) is 4.60. The molecular formula is C23H18Cl2O. The van der Waals surface area contributed by atoms with E-state index in [4.69, 9.17) is 23.2 Å². The fourth-order valence-corrected chi connectivity index (χ4v) is 4.31. The average Bonchev–Trinajstić information content (AvgIpc) is 3.02. The molecule has 26 heavy (non-hydrogen) atoms. The van der Waals surface area contributed by atoms with Crippen molar-refractivity contribution in [3.63, 3.8) is 0 Å². The third-order valence-electron chi connectivity index (χ3n) is 5.38. The molecule has 4 rings (SSSR count). The van der Waals surface area contributed by atoms with Crippen LogP contribution in [0, 0.1) is 0 Å². The van der Waals surface area contributed by atoms with E-state index < -0.39 is 0 Å². The van der Waals surface area contributed by atoms with Gasteiger partial charge >= 0.3 is 0 Å². The number of Topliss-reactive ketones (excluding diaryl/α,β-unsaturated/α-hetero) is 1. The minimum atomic E-state index is -0.308. The summed E-state index contributed by atoms with van der Waals surface area (Å²) in [5.41, 5.74) is 4.12. The summed E-state index contributed by atoms with van der Waals surface area (Å²) in [5.74, 6) is 0.133. The van der Waals surface area contributed by atoms with Crippen LogP contribution in [-0.4, -0.2) is 5.78 Å². The van der Waals surface area contributed by atoms with E-state index in [2.05, 4.69) is 36.4 Å². The molecule has 0 amide bonds. The molecule has 0 heterocycles. The van der Waals surface area contributed by atoms with Crippen LogP contribution in [0.1, 0.15) is 39.9 Å². The average molecular weight is 381 g/mol. The second-order valence-corrected chi connectivity index (χ2v) is 7.73. The Morgan fingerprint density at radius 2 is 1.46 bits per heavy atom. The normalized spacial score (nSPS) is 18.5. The zero-order valence-corrected chi connectivity index (χ0v) is 15.7. The van der Waals surface area contributed by atoms with Gasteiger partial charge < -0.3 is 0 Å². The molecule has 0 saturated carbocycles. The lowest BCUT2D eigenvalue weighted by Gasteiger charge is -2.31. The third kappa shape index (κ3) is 3.06. The van der Waals surface area contributed by atoms with E-state index in [1.807, 2.05) is 12.1 Å². The second-order valence-electron chi connectivity index (χ2n) is 6.85. The van der Waals surface area contributed by atoms with Crippen LogP contribution in [0.15, 0.2) is 72.8 Å². The molecule has 1 aliphatic carbocycles. The van der Waals surface area contributed by atoms with Crippen molar-refractivity contribution in [3.05, 3.63) is 105 Å². The maximum Gasteiger partial charge on any atom is 0.164 e. The summed E-state index contributed by atoms with van der Waals surface area (Å²) in [6, 6.07) is 23.5. The number of benzene rings is 3. The van der Waals surface area contributed by atoms with Gasteiger partial charge in [0.05, 0.1) is 0 Å². The lowest BCUT2D eigenvalue weighted by molar-refractivity contribution is 0.0958. The molecule has 1 atom stereocenters. The van der Waals surface area contributed by atoms with Crippen LogP contribution in [-0.2, 0) is 11.8 Å². The maximum atomic E-state index is 13.1. The number of aryl methyl sites for hydroxylation is 1. The fraction of sp³-hybridized carbons (Fsp3) is 0.174. The first kappa shape index (κ1) is 17.3. The molecule has 1 unspecified atom stereocenters. The summed E-state index contributed by atoms with van der Waals surface area (Å²) in [6.45, 7) is 0. The van der Waals surface area contributed by atoms with E-state index in [0.29, 0.717) is 22.0 Å². The molecule has 1 nitrogen and oxygen atoms in total. The number of halogens is 2. The van der Waals surface area contributed by atoms with Gasteiger partial charge in [-0.25, -0.2) is 0 Å². The summed E-state index contributed by atoms with van der Waals surface area (Å²) in [6.07, 6.45) is 2.34. The van der Waals surface area contributed by atoms with Crippen LogP contribution < -0.4 is 0 Å². The molecule has 3 heteroatoms. The highest BCUT2D eigenvalue weighted by Crippen LogP contribution is 2.47. The molecule has 0 radical (unpaired) electrons. The SMILES string of the molecule is O=C(CC1(c2ccc(Cl)cc2)CCc2ccccc21)c1ccc(Cl)cc1.